The van der Waals surface area contributed by atoms with E-state index >= 15 is 0 Å². The Balaban J connectivity index is 0.000000366. The van der Waals surface area contributed by atoms with Crippen LogP contribution in [0.1, 0.15) is 5.56 Å². The van der Waals surface area contributed by atoms with Crippen LogP contribution in [0.25, 0.3) is 0 Å². The van der Waals surface area contributed by atoms with E-state index in [2.05, 4.69) is 0 Å². The first-order valence-electron chi connectivity index (χ1n) is 5.07. The largest absolute Gasteiger partial charge is 0.395 e. The molecule has 98 valence electrons. The summed E-state index contributed by atoms with van der Waals surface area (Å²) < 4.78 is 29.9. The topological polar surface area (TPSA) is 77.8 Å². The minimum atomic E-state index is -4.03. The van der Waals surface area contributed by atoms with Crippen molar-refractivity contribution in [2.24, 2.45) is 0 Å². The Labute approximate surface area is 102 Å². The molecule has 0 unspecified atom stereocenters. The van der Waals surface area contributed by atoms with Gasteiger partial charge in [0, 0.05) is 6.54 Å². The number of likely N-dealkylation sites (N-methyl/N-ethyl adjacent to an activating group) is 1. The van der Waals surface area contributed by atoms with Crippen LogP contribution in [-0.2, 0) is 10.1 Å². The molecular formula is C11H19NO4S. The smallest absolute Gasteiger partial charge is 0.294 e. The van der Waals surface area contributed by atoms with Gasteiger partial charge < -0.3 is 10.0 Å². The number of aliphatic hydroxyl groups excluding tert-OH is 1. The van der Waals surface area contributed by atoms with E-state index in [-0.39, 0.29) is 11.5 Å². The number of aliphatic hydroxyl groups is 1. The quantitative estimate of drug-likeness (QED) is 0.786. The molecule has 1 aromatic rings. The number of aryl methyl sites for hydroxylation is 1. The molecule has 0 amide bonds. The van der Waals surface area contributed by atoms with Crippen LogP contribution < -0.4 is 0 Å². The first-order valence-corrected chi connectivity index (χ1v) is 6.51. The van der Waals surface area contributed by atoms with E-state index in [0.29, 0.717) is 5.56 Å². The molecule has 2 N–H and O–H groups in total. The Morgan fingerprint density at radius 1 is 1.24 bits per heavy atom. The van der Waals surface area contributed by atoms with Gasteiger partial charge in [-0.3, -0.25) is 4.55 Å². The molecule has 17 heavy (non-hydrogen) atoms. The zero-order valence-corrected chi connectivity index (χ0v) is 11.1. The van der Waals surface area contributed by atoms with E-state index in [0.717, 1.165) is 6.54 Å². The lowest BCUT2D eigenvalue weighted by atomic mass is 10.2. The summed E-state index contributed by atoms with van der Waals surface area (Å²) in [5.41, 5.74) is 0.551. The minimum Gasteiger partial charge on any atom is -0.395 e. The van der Waals surface area contributed by atoms with Gasteiger partial charge in [0.25, 0.3) is 10.1 Å². The maximum atomic E-state index is 10.6. The molecule has 0 aliphatic heterocycles. The third kappa shape index (κ3) is 7.06. The van der Waals surface area contributed by atoms with Crippen molar-refractivity contribution < 1.29 is 18.1 Å². The van der Waals surface area contributed by atoms with Gasteiger partial charge in [-0.1, -0.05) is 18.2 Å². The molecule has 5 nitrogen and oxygen atoms in total. The van der Waals surface area contributed by atoms with E-state index in [1.54, 1.807) is 25.1 Å². The summed E-state index contributed by atoms with van der Waals surface area (Å²) in [6, 6.07) is 6.27. The lowest BCUT2D eigenvalue weighted by Gasteiger charge is -2.03. The number of benzene rings is 1. The summed E-state index contributed by atoms with van der Waals surface area (Å²) in [5, 5.41) is 8.20. The SMILES string of the molecule is CN(C)CCO.Cc1ccccc1S(=O)(=O)O. The molecule has 0 saturated carbocycles. The van der Waals surface area contributed by atoms with E-state index in [4.69, 9.17) is 9.66 Å². The predicted molar refractivity (Wildman–Crippen MR) is 66.6 cm³/mol. The number of hydrogen-bond acceptors (Lipinski definition) is 4. The van der Waals surface area contributed by atoms with E-state index in [1.165, 1.54) is 6.07 Å². The number of nitrogens with zero attached hydrogens (tertiary/aromatic N) is 1. The third-order valence-electron chi connectivity index (χ3n) is 1.92. The molecule has 0 saturated heterocycles. The predicted octanol–water partition coefficient (Wildman–Crippen LogP) is 0.782. The van der Waals surface area contributed by atoms with Crippen molar-refractivity contribution in [3.05, 3.63) is 29.8 Å². The summed E-state index contributed by atoms with van der Waals surface area (Å²) in [4.78, 5) is 1.90. The Bertz CT molecular complexity index is 429. The molecule has 1 rings (SSSR count). The lowest BCUT2D eigenvalue weighted by Crippen LogP contribution is -2.15. The van der Waals surface area contributed by atoms with Gasteiger partial charge in [0.1, 0.15) is 0 Å². The van der Waals surface area contributed by atoms with Crippen LogP contribution in [0.4, 0.5) is 0 Å². The van der Waals surface area contributed by atoms with Crippen molar-refractivity contribution in [2.45, 2.75) is 11.8 Å². The van der Waals surface area contributed by atoms with Crippen molar-refractivity contribution in [3.63, 3.8) is 0 Å². The molecule has 0 bridgehead atoms. The van der Waals surface area contributed by atoms with Crippen LogP contribution >= 0.6 is 0 Å². The van der Waals surface area contributed by atoms with Gasteiger partial charge in [0.2, 0.25) is 0 Å². The van der Waals surface area contributed by atoms with E-state index in [1.807, 2.05) is 19.0 Å². The fourth-order valence-corrected chi connectivity index (χ4v) is 1.77. The fourth-order valence-electron chi connectivity index (χ4n) is 1.05. The highest BCUT2D eigenvalue weighted by Crippen LogP contribution is 2.12. The second-order valence-corrected chi connectivity index (χ2v) is 5.16. The molecular weight excluding hydrogens is 242 g/mol. The molecule has 0 atom stereocenters. The van der Waals surface area contributed by atoms with Crippen molar-refractivity contribution in [1.82, 2.24) is 4.90 Å². The standard InChI is InChI=1S/C7H8O3S.C4H11NO/c1-6-4-2-3-5-7(6)11(8,9)10;1-5(2)3-4-6/h2-5H,1H3,(H,8,9,10);6H,3-4H2,1-2H3. The average molecular weight is 261 g/mol. The lowest BCUT2D eigenvalue weighted by molar-refractivity contribution is 0.243. The highest BCUT2D eigenvalue weighted by molar-refractivity contribution is 7.85. The molecule has 1 aromatic carbocycles. The maximum absolute atomic E-state index is 10.6. The molecule has 0 aliphatic carbocycles. The molecule has 0 aromatic heterocycles. The Kier molecular flexibility index (Phi) is 6.98. The zero-order valence-electron chi connectivity index (χ0n) is 10.3. The summed E-state index contributed by atoms with van der Waals surface area (Å²) >= 11 is 0. The van der Waals surface area contributed by atoms with Gasteiger partial charge in [-0.15, -0.1) is 0 Å². The minimum absolute atomic E-state index is 0.0278. The molecule has 0 fully saturated rings. The molecule has 0 aliphatic rings. The first kappa shape index (κ1) is 16.1. The summed E-state index contributed by atoms with van der Waals surface area (Å²) in [5.74, 6) is 0. The Morgan fingerprint density at radius 3 is 2.00 bits per heavy atom. The number of rotatable bonds is 3. The van der Waals surface area contributed by atoms with Gasteiger partial charge in [-0.25, -0.2) is 0 Å². The third-order valence-corrected chi connectivity index (χ3v) is 2.93. The van der Waals surface area contributed by atoms with Crippen molar-refractivity contribution in [3.8, 4) is 0 Å². The van der Waals surface area contributed by atoms with Gasteiger partial charge >= 0.3 is 0 Å². The van der Waals surface area contributed by atoms with Crippen LogP contribution in [0.15, 0.2) is 29.2 Å². The van der Waals surface area contributed by atoms with Crippen LogP contribution in [0.5, 0.6) is 0 Å². The van der Waals surface area contributed by atoms with Crippen molar-refractivity contribution >= 4 is 10.1 Å². The van der Waals surface area contributed by atoms with Gasteiger partial charge in [-0.05, 0) is 32.6 Å². The van der Waals surface area contributed by atoms with E-state index < -0.39 is 10.1 Å². The van der Waals surface area contributed by atoms with Crippen molar-refractivity contribution in [2.75, 3.05) is 27.2 Å². The Morgan fingerprint density at radius 2 is 1.76 bits per heavy atom. The normalized spacial score (nSPS) is 10.9. The van der Waals surface area contributed by atoms with Gasteiger partial charge in [-0.2, -0.15) is 8.42 Å². The molecule has 6 heteroatoms. The van der Waals surface area contributed by atoms with E-state index in [9.17, 15) is 8.42 Å². The maximum Gasteiger partial charge on any atom is 0.294 e. The molecule has 0 spiro atoms. The van der Waals surface area contributed by atoms with Gasteiger partial charge in [0.15, 0.2) is 0 Å². The van der Waals surface area contributed by atoms with Crippen LogP contribution in [0, 0.1) is 6.92 Å². The van der Waals surface area contributed by atoms with Crippen LogP contribution in [0.2, 0.25) is 0 Å². The second kappa shape index (κ2) is 7.39. The average Bonchev–Trinajstić information content (AvgIpc) is 2.17. The van der Waals surface area contributed by atoms with Crippen LogP contribution in [0.3, 0.4) is 0 Å². The molecule has 0 heterocycles. The summed E-state index contributed by atoms with van der Waals surface area (Å²) in [7, 11) is -0.180. The van der Waals surface area contributed by atoms with Crippen LogP contribution in [-0.4, -0.2) is 50.2 Å². The van der Waals surface area contributed by atoms with Gasteiger partial charge in [0.05, 0.1) is 11.5 Å². The zero-order chi connectivity index (χ0) is 13.5. The highest BCUT2D eigenvalue weighted by Gasteiger charge is 2.10. The summed E-state index contributed by atoms with van der Waals surface area (Å²) in [6.07, 6.45) is 0. The highest BCUT2D eigenvalue weighted by atomic mass is 32.2. The monoisotopic (exact) mass is 261 g/mol. The summed E-state index contributed by atoms with van der Waals surface area (Å²) in [6.45, 7) is 2.65. The first-order chi connectivity index (χ1) is 7.79. The van der Waals surface area contributed by atoms with Crippen molar-refractivity contribution in [1.29, 1.82) is 0 Å². The fraction of sp³-hybridized carbons (Fsp3) is 0.455. The Hall–Kier alpha value is -0.950. The molecule has 0 radical (unpaired) electrons. The second-order valence-electron chi connectivity index (χ2n) is 3.77. The number of hydrogen-bond donors (Lipinski definition) is 2.